The molecular weight excluding hydrogens is 484 g/mol. The van der Waals surface area contributed by atoms with Gasteiger partial charge in [-0.1, -0.05) is 104 Å². The van der Waals surface area contributed by atoms with Crippen LogP contribution < -0.4 is 5.32 Å². The molecule has 1 aliphatic heterocycles. The molecule has 1 saturated carbocycles. The molecule has 2 fully saturated rings. The van der Waals surface area contributed by atoms with Crippen LogP contribution in [0.15, 0.2) is 0 Å². The Hall–Kier alpha value is -0.650. The van der Waals surface area contributed by atoms with Crippen molar-refractivity contribution in [2.45, 2.75) is 173 Å². The van der Waals surface area contributed by atoms with E-state index in [0.717, 1.165) is 58.3 Å². The van der Waals surface area contributed by atoms with Gasteiger partial charge in [0, 0.05) is 19.0 Å². The van der Waals surface area contributed by atoms with Crippen molar-refractivity contribution in [3.8, 4) is 0 Å². The zero-order valence-corrected chi connectivity index (χ0v) is 26.2. The number of ether oxygens (including phenoxy) is 1. The van der Waals surface area contributed by atoms with Gasteiger partial charge < -0.3 is 15.2 Å². The van der Waals surface area contributed by atoms with Crippen molar-refractivity contribution in [1.29, 1.82) is 0 Å². The first kappa shape index (κ1) is 34.6. The van der Waals surface area contributed by atoms with Gasteiger partial charge in [0.15, 0.2) is 0 Å². The Morgan fingerprint density at radius 1 is 0.846 bits per heavy atom. The molecule has 2 N–H and O–H groups in total. The highest BCUT2D eigenvalue weighted by molar-refractivity contribution is 5.69. The molecule has 0 spiro atoms. The van der Waals surface area contributed by atoms with E-state index in [1.165, 1.54) is 109 Å². The molecule has 230 valence electrons. The summed E-state index contributed by atoms with van der Waals surface area (Å²) in [6.07, 6.45) is 27.7. The number of carbonyl (C=O) groups excluding carboxylic acids is 1. The largest absolute Gasteiger partial charge is 0.465 e. The second-order valence-corrected chi connectivity index (χ2v) is 13.0. The van der Waals surface area contributed by atoms with Gasteiger partial charge in [-0.3, -0.25) is 9.69 Å². The van der Waals surface area contributed by atoms with E-state index in [4.69, 9.17) is 4.74 Å². The third-order valence-electron chi connectivity index (χ3n) is 9.36. The Balaban J connectivity index is 1.61. The summed E-state index contributed by atoms with van der Waals surface area (Å²) in [6, 6.07) is 0.657. The summed E-state index contributed by atoms with van der Waals surface area (Å²) >= 11 is 0. The van der Waals surface area contributed by atoms with Crippen LogP contribution in [-0.4, -0.2) is 60.4 Å². The van der Waals surface area contributed by atoms with Gasteiger partial charge in [-0.05, 0) is 76.9 Å². The summed E-state index contributed by atoms with van der Waals surface area (Å²) in [4.78, 5) is 15.1. The lowest BCUT2D eigenvalue weighted by Crippen LogP contribution is -2.53. The van der Waals surface area contributed by atoms with Crippen LogP contribution in [0.4, 0.5) is 0 Å². The number of rotatable bonds is 25. The minimum Gasteiger partial charge on any atom is -0.465 e. The van der Waals surface area contributed by atoms with Crippen molar-refractivity contribution in [3.63, 3.8) is 0 Å². The number of nitrogens with one attached hydrogen (secondary N) is 1. The van der Waals surface area contributed by atoms with Gasteiger partial charge in [-0.2, -0.15) is 0 Å². The predicted molar refractivity (Wildman–Crippen MR) is 165 cm³/mol. The van der Waals surface area contributed by atoms with E-state index in [-0.39, 0.29) is 5.97 Å². The highest BCUT2D eigenvalue weighted by Crippen LogP contribution is 2.29. The molecule has 2 aliphatic rings. The Bertz CT molecular complexity index is 573. The van der Waals surface area contributed by atoms with Gasteiger partial charge in [-0.25, -0.2) is 0 Å². The number of carbonyl (C=O) groups is 1. The van der Waals surface area contributed by atoms with E-state index in [0.29, 0.717) is 25.0 Å². The van der Waals surface area contributed by atoms with Crippen LogP contribution in [0.25, 0.3) is 0 Å². The number of aliphatic hydroxyl groups is 1. The average molecular weight is 551 g/mol. The molecule has 0 radical (unpaired) electrons. The molecule has 0 unspecified atom stereocenters. The average Bonchev–Trinajstić information content (AvgIpc) is 2.89. The van der Waals surface area contributed by atoms with Crippen molar-refractivity contribution < 1.29 is 14.6 Å². The molecule has 1 heterocycles. The van der Waals surface area contributed by atoms with Crippen LogP contribution in [0.1, 0.15) is 162 Å². The van der Waals surface area contributed by atoms with Gasteiger partial charge in [0.25, 0.3) is 0 Å². The quantitative estimate of drug-likeness (QED) is 0.0886. The lowest BCUT2D eigenvalue weighted by atomic mass is 9.87. The number of hydrogen-bond acceptors (Lipinski definition) is 5. The maximum Gasteiger partial charge on any atom is 0.305 e. The van der Waals surface area contributed by atoms with Crippen LogP contribution >= 0.6 is 0 Å². The van der Waals surface area contributed by atoms with Gasteiger partial charge in [0.2, 0.25) is 0 Å². The molecule has 0 amide bonds. The zero-order chi connectivity index (χ0) is 28.0. The van der Waals surface area contributed by atoms with E-state index in [2.05, 4.69) is 24.1 Å². The fourth-order valence-corrected chi connectivity index (χ4v) is 6.35. The molecule has 5 heteroatoms. The normalized spacial score (nSPS) is 17.6. The summed E-state index contributed by atoms with van der Waals surface area (Å²) < 4.78 is 5.81. The summed E-state index contributed by atoms with van der Waals surface area (Å²) in [5.74, 6) is 0.550. The molecule has 5 nitrogen and oxygen atoms in total. The first-order valence-electron chi connectivity index (χ1n) is 17.4. The van der Waals surface area contributed by atoms with Crippen molar-refractivity contribution >= 4 is 5.97 Å². The van der Waals surface area contributed by atoms with Crippen LogP contribution in [0.3, 0.4) is 0 Å². The zero-order valence-electron chi connectivity index (χ0n) is 26.2. The number of nitrogens with zero attached hydrogens (tertiary/aromatic N) is 1. The number of unbranched alkanes of at least 4 members (excludes halogenated alkanes) is 12. The minimum atomic E-state index is -0.522. The number of piperidine rings is 1. The monoisotopic (exact) mass is 551 g/mol. The molecule has 0 bridgehead atoms. The van der Waals surface area contributed by atoms with E-state index in [9.17, 15) is 9.90 Å². The number of esters is 1. The van der Waals surface area contributed by atoms with Crippen molar-refractivity contribution in [2.24, 2.45) is 5.92 Å². The van der Waals surface area contributed by atoms with Crippen molar-refractivity contribution in [1.82, 2.24) is 10.2 Å². The standard InChI is InChI=1S/C34H66N2O3/c1-3-5-7-9-11-14-19-31(20-15-12-10-8-6-4-2)29-39-33(37)23-16-13-17-28-36(32-21-18-22-32)30-34(38)24-26-35-27-25-34/h31-32,35,38H,3-30H2,1-2H3. The van der Waals surface area contributed by atoms with Gasteiger partial charge in [-0.15, -0.1) is 0 Å². The third kappa shape index (κ3) is 16.4. The van der Waals surface area contributed by atoms with E-state index >= 15 is 0 Å². The Kier molecular flexibility index (Phi) is 19.5. The highest BCUT2D eigenvalue weighted by Gasteiger charge is 2.35. The lowest BCUT2D eigenvalue weighted by molar-refractivity contribution is -0.145. The fourth-order valence-electron chi connectivity index (χ4n) is 6.35. The fraction of sp³-hybridized carbons (Fsp3) is 0.971. The topological polar surface area (TPSA) is 61.8 Å². The van der Waals surface area contributed by atoms with Crippen LogP contribution in [0, 0.1) is 5.92 Å². The molecule has 0 aromatic heterocycles. The Labute approximate surface area is 242 Å². The predicted octanol–water partition coefficient (Wildman–Crippen LogP) is 8.18. The summed E-state index contributed by atoms with van der Waals surface area (Å²) in [7, 11) is 0. The van der Waals surface area contributed by atoms with Crippen LogP contribution in [-0.2, 0) is 9.53 Å². The molecule has 39 heavy (non-hydrogen) atoms. The van der Waals surface area contributed by atoms with Gasteiger partial charge >= 0.3 is 5.97 Å². The van der Waals surface area contributed by atoms with Gasteiger partial charge in [0.1, 0.15) is 0 Å². The van der Waals surface area contributed by atoms with E-state index in [1.54, 1.807) is 0 Å². The molecule has 0 aromatic carbocycles. The maximum absolute atomic E-state index is 12.5. The van der Waals surface area contributed by atoms with Crippen molar-refractivity contribution in [3.05, 3.63) is 0 Å². The van der Waals surface area contributed by atoms with Crippen LogP contribution in [0.5, 0.6) is 0 Å². The summed E-state index contributed by atoms with van der Waals surface area (Å²) in [5, 5.41) is 14.4. The lowest BCUT2D eigenvalue weighted by Gasteiger charge is -2.43. The molecule has 0 atom stereocenters. The second kappa shape index (κ2) is 22.0. The molecule has 0 aromatic rings. The first-order valence-corrected chi connectivity index (χ1v) is 17.4. The van der Waals surface area contributed by atoms with E-state index < -0.39 is 5.60 Å². The third-order valence-corrected chi connectivity index (χ3v) is 9.36. The SMILES string of the molecule is CCCCCCCCC(CCCCCCCC)COC(=O)CCCCCN(CC1(O)CCNCC1)C1CCC1. The molecular formula is C34H66N2O3. The maximum atomic E-state index is 12.5. The highest BCUT2D eigenvalue weighted by atomic mass is 16.5. The molecule has 1 aliphatic carbocycles. The Morgan fingerprint density at radius 2 is 1.41 bits per heavy atom. The van der Waals surface area contributed by atoms with Gasteiger partial charge in [0.05, 0.1) is 12.2 Å². The summed E-state index contributed by atoms with van der Waals surface area (Å²) in [5.41, 5.74) is -0.522. The summed E-state index contributed by atoms with van der Waals surface area (Å²) in [6.45, 7) is 8.90. The molecule has 2 rings (SSSR count). The Morgan fingerprint density at radius 3 is 1.97 bits per heavy atom. The first-order chi connectivity index (χ1) is 19.1. The van der Waals surface area contributed by atoms with E-state index in [1.807, 2.05) is 0 Å². The number of hydrogen-bond donors (Lipinski definition) is 2. The minimum absolute atomic E-state index is 0.00533. The van der Waals surface area contributed by atoms with Crippen molar-refractivity contribution in [2.75, 3.05) is 32.8 Å². The van der Waals surface area contributed by atoms with Crippen LogP contribution in [0.2, 0.25) is 0 Å². The molecule has 1 saturated heterocycles. The smallest absolute Gasteiger partial charge is 0.305 e. The second-order valence-electron chi connectivity index (χ2n) is 13.0.